The average molecular weight is 421 g/mol. The van der Waals surface area contributed by atoms with Crippen LogP contribution in [0.25, 0.3) is 10.8 Å². The van der Waals surface area contributed by atoms with Gasteiger partial charge in [-0.25, -0.2) is 0 Å². The van der Waals surface area contributed by atoms with Crippen LogP contribution in [0.2, 0.25) is 0 Å². The van der Waals surface area contributed by atoms with Gasteiger partial charge in [-0.2, -0.15) is 21.6 Å². The molecule has 0 N–H and O–H groups in total. The number of amides is 2. The van der Waals surface area contributed by atoms with Crippen LogP contribution < -0.4 is 0 Å². The smallest absolute Gasteiger partial charge is 0.266 e. The molecule has 0 saturated carbocycles. The van der Waals surface area contributed by atoms with Crippen molar-refractivity contribution in [2.75, 3.05) is 0 Å². The predicted octanol–water partition coefficient (Wildman–Crippen LogP) is 3.78. The maximum absolute atomic E-state index is 13.2. The van der Waals surface area contributed by atoms with E-state index in [4.69, 9.17) is 0 Å². The third kappa shape index (κ3) is 3.06. The van der Waals surface area contributed by atoms with Crippen molar-refractivity contribution in [3.05, 3.63) is 77.4 Å². The molecule has 3 aromatic carbocycles. The molecule has 0 aromatic heterocycles. The Hall–Kier alpha value is -3.24. The van der Waals surface area contributed by atoms with E-state index in [9.17, 15) is 31.2 Å². The van der Waals surface area contributed by atoms with Crippen LogP contribution in [0.3, 0.4) is 0 Å². The monoisotopic (exact) mass is 421 g/mol. The quantitative estimate of drug-likeness (QED) is 0.602. The third-order valence-electron chi connectivity index (χ3n) is 4.37. The lowest BCUT2D eigenvalue weighted by molar-refractivity contribution is -0.140. The van der Waals surface area contributed by atoms with E-state index in [-0.39, 0.29) is 16.2 Å². The van der Waals surface area contributed by atoms with Crippen molar-refractivity contribution in [3.63, 3.8) is 0 Å². The zero-order chi connectivity index (χ0) is 21.0. The summed E-state index contributed by atoms with van der Waals surface area (Å²) in [5.41, 5.74) is -1.48. The summed E-state index contributed by atoms with van der Waals surface area (Å²) in [6, 6.07) is 12.4. The molecule has 0 atom stereocenters. The Morgan fingerprint density at radius 1 is 0.793 bits per heavy atom. The molecule has 0 fully saturated rings. The van der Waals surface area contributed by atoms with Gasteiger partial charge >= 0.3 is 16.3 Å². The Kier molecular flexibility index (Phi) is 4.21. The van der Waals surface area contributed by atoms with E-state index in [0.717, 1.165) is 12.1 Å². The van der Waals surface area contributed by atoms with Crippen LogP contribution in [0.15, 0.2) is 65.6 Å². The van der Waals surface area contributed by atoms with Crippen LogP contribution in [-0.4, -0.2) is 25.3 Å². The van der Waals surface area contributed by atoms with Crippen molar-refractivity contribution in [2.24, 2.45) is 0 Å². The summed E-state index contributed by atoms with van der Waals surface area (Å²) in [5.74, 6) is -2.18. The first-order valence-corrected chi connectivity index (χ1v) is 9.53. The highest BCUT2D eigenvalue weighted by Gasteiger charge is 2.41. The van der Waals surface area contributed by atoms with Crippen molar-refractivity contribution >= 4 is 32.7 Å². The van der Waals surface area contributed by atoms with Gasteiger partial charge in [0.05, 0.1) is 16.7 Å². The normalized spacial score (nSPS) is 14.5. The number of halogens is 3. The highest BCUT2D eigenvalue weighted by atomic mass is 32.2. The van der Waals surface area contributed by atoms with Gasteiger partial charge in [0, 0.05) is 5.39 Å². The SMILES string of the molecule is O=C1c2cccc3cccc(c23)C(=O)N1OS(=O)(=O)c1ccccc1C(F)(F)F. The molecule has 1 aliphatic rings. The van der Waals surface area contributed by atoms with E-state index in [0.29, 0.717) is 22.9 Å². The maximum Gasteiger partial charge on any atom is 0.417 e. The topological polar surface area (TPSA) is 80.8 Å². The number of carbonyl (C=O) groups is 2. The first-order valence-electron chi connectivity index (χ1n) is 8.12. The van der Waals surface area contributed by atoms with Crippen LogP contribution in [0.1, 0.15) is 26.3 Å². The zero-order valence-electron chi connectivity index (χ0n) is 14.3. The van der Waals surface area contributed by atoms with E-state index in [1.165, 1.54) is 24.3 Å². The summed E-state index contributed by atoms with van der Waals surface area (Å²) in [5, 5.41) is 0.865. The van der Waals surface area contributed by atoms with Crippen LogP contribution in [0.5, 0.6) is 0 Å². The van der Waals surface area contributed by atoms with Crippen LogP contribution in [0.4, 0.5) is 13.2 Å². The minimum absolute atomic E-state index is 0.00277. The molecule has 10 heteroatoms. The number of nitrogens with zero attached hydrogens (tertiary/aromatic N) is 1. The fourth-order valence-electron chi connectivity index (χ4n) is 3.13. The summed E-state index contributed by atoms with van der Waals surface area (Å²) in [4.78, 5) is 24.2. The van der Waals surface area contributed by atoms with Crippen LogP contribution >= 0.6 is 0 Å². The molecule has 0 bridgehead atoms. The van der Waals surface area contributed by atoms with E-state index < -0.39 is 38.6 Å². The highest BCUT2D eigenvalue weighted by molar-refractivity contribution is 7.86. The number of hydroxylamine groups is 2. The van der Waals surface area contributed by atoms with Gasteiger partial charge in [-0.05, 0) is 29.7 Å². The third-order valence-corrected chi connectivity index (χ3v) is 5.61. The molecule has 0 unspecified atom stereocenters. The number of alkyl halides is 3. The van der Waals surface area contributed by atoms with Crippen molar-refractivity contribution in [2.45, 2.75) is 11.1 Å². The fraction of sp³-hybridized carbons (Fsp3) is 0.0526. The van der Waals surface area contributed by atoms with Crippen LogP contribution in [0, 0.1) is 0 Å². The van der Waals surface area contributed by atoms with Gasteiger partial charge in [0.15, 0.2) is 0 Å². The highest BCUT2D eigenvalue weighted by Crippen LogP contribution is 2.36. The van der Waals surface area contributed by atoms with Gasteiger partial charge in [0.25, 0.3) is 11.8 Å². The first-order chi connectivity index (χ1) is 13.6. The molecule has 0 radical (unpaired) electrons. The molecule has 2 amide bonds. The van der Waals surface area contributed by atoms with Gasteiger partial charge in [-0.15, -0.1) is 9.35 Å². The Balaban J connectivity index is 1.80. The Labute approximate surface area is 162 Å². The molecule has 0 aliphatic carbocycles. The Morgan fingerprint density at radius 3 is 1.90 bits per heavy atom. The van der Waals surface area contributed by atoms with Crippen molar-refractivity contribution < 1.29 is 35.5 Å². The molecule has 0 saturated heterocycles. The Bertz CT molecular complexity index is 1230. The molecule has 1 aliphatic heterocycles. The lowest BCUT2D eigenvalue weighted by atomic mass is 9.95. The molecule has 0 spiro atoms. The second kappa shape index (κ2) is 6.39. The molecule has 4 rings (SSSR count). The van der Waals surface area contributed by atoms with E-state index in [1.54, 1.807) is 12.1 Å². The van der Waals surface area contributed by atoms with Gasteiger partial charge in [0.1, 0.15) is 4.90 Å². The number of carbonyl (C=O) groups excluding carboxylic acids is 2. The number of hydrogen-bond acceptors (Lipinski definition) is 5. The van der Waals surface area contributed by atoms with Crippen molar-refractivity contribution in [1.82, 2.24) is 5.06 Å². The largest absolute Gasteiger partial charge is 0.417 e. The molecular weight excluding hydrogens is 411 g/mol. The number of imide groups is 1. The van der Waals surface area contributed by atoms with E-state index >= 15 is 0 Å². The Morgan fingerprint density at radius 2 is 1.34 bits per heavy atom. The standard InChI is InChI=1S/C19H10F3NO5S/c20-19(21,22)14-9-1-2-10-15(14)29(26,27)28-23-17(24)12-7-3-5-11-6-4-8-13(16(11)12)18(23)25/h1-10H. The van der Waals surface area contributed by atoms with Gasteiger partial charge in [-0.3, -0.25) is 9.59 Å². The fourth-order valence-corrected chi connectivity index (χ4v) is 4.24. The zero-order valence-corrected chi connectivity index (χ0v) is 15.1. The molecule has 3 aromatic rings. The summed E-state index contributed by atoms with van der Waals surface area (Å²) < 4.78 is 69.3. The summed E-state index contributed by atoms with van der Waals surface area (Å²) >= 11 is 0. The summed E-state index contributed by atoms with van der Waals surface area (Å²) in [6.07, 6.45) is -4.98. The second-order valence-corrected chi connectivity index (χ2v) is 7.63. The summed E-state index contributed by atoms with van der Waals surface area (Å²) in [6.45, 7) is 0. The number of rotatable bonds is 3. The molecule has 148 valence electrons. The molecule has 1 heterocycles. The lowest BCUT2D eigenvalue weighted by Gasteiger charge is -2.25. The van der Waals surface area contributed by atoms with Crippen molar-refractivity contribution in [1.29, 1.82) is 0 Å². The first kappa shape index (κ1) is 19.1. The molecular formula is C19H10F3NO5S. The second-order valence-electron chi connectivity index (χ2n) is 6.14. The number of hydrogen-bond donors (Lipinski definition) is 0. The molecule has 6 nitrogen and oxygen atoms in total. The maximum atomic E-state index is 13.2. The molecule has 29 heavy (non-hydrogen) atoms. The van der Waals surface area contributed by atoms with E-state index in [1.807, 2.05) is 0 Å². The van der Waals surface area contributed by atoms with E-state index in [2.05, 4.69) is 4.28 Å². The van der Waals surface area contributed by atoms with Crippen molar-refractivity contribution in [3.8, 4) is 0 Å². The number of benzene rings is 3. The lowest BCUT2D eigenvalue weighted by Crippen LogP contribution is -2.42. The predicted molar refractivity (Wildman–Crippen MR) is 94.2 cm³/mol. The summed E-state index contributed by atoms with van der Waals surface area (Å²) in [7, 11) is -5.15. The average Bonchev–Trinajstić information content (AvgIpc) is 2.68. The minimum Gasteiger partial charge on any atom is -0.266 e. The van der Waals surface area contributed by atoms with Gasteiger partial charge in [0.2, 0.25) is 0 Å². The minimum atomic E-state index is -5.15. The van der Waals surface area contributed by atoms with Crippen LogP contribution in [-0.2, 0) is 20.6 Å². The van der Waals surface area contributed by atoms with Gasteiger partial charge in [-0.1, -0.05) is 36.4 Å². The van der Waals surface area contributed by atoms with Gasteiger partial charge < -0.3 is 0 Å².